The Hall–Kier alpha value is -2.29. The number of benzene rings is 2. The third-order valence-electron chi connectivity index (χ3n) is 3.14. The van der Waals surface area contributed by atoms with E-state index >= 15 is 0 Å². The first-order chi connectivity index (χ1) is 10.1. The molecule has 0 radical (unpaired) electrons. The summed E-state index contributed by atoms with van der Waals surface area (Å²) in [4.78, 5) is 12.4. The highest BCUT2D eigenvalue weighted by molar-refractivity contribution is 5.97. The Kier molecular flexibility index (Phi) is 4.99. The van der Waals surface area contributed by atoms with E-state index in [9.17, 15) is 4.79 Å². The summed E-state index contributed by atoms with van der Waals surface area (Å²) in [5, 5.41) is 3.01. The van der Waals surface area contributed by atoms with Crippen LogP contribution < -0.4 is 10.1 Å². The fourth-order valence-electron chi connectivity index (χ4n) is 2.11. The molecule has 0 aliphatic carbocycles. The van der Waals surface area contributed by atoms with Crippen LogP contribution in [0.3, 0.4) is 0 Å². The predicted molar refractivity (Wildman–Crippen MR) is 84.5 cm³/mol. The summed E-state index contributed by atoms with van der Waals surface area (Å²) in [6.45, 7) is 5.86. The van der Waals surface area contributed by atoms with Crippen molar-refractivity contribution < 1.29 is 9.53 Å². The Labute approximate surface area is 126 Å². The Morgan fingerprint density at radius 1 is 0.952 bits per heavy atom. The van der Waals surface area contributed by atoms with Crippen LogP contribution in [0.2, 0.25) is 0 Å². The lowest BCUT2D eigenvalue weighted by Gasteiger charge is -2.17. The first-order valence-corrected chi connectivity index (χ1v) is 7.19. The number of para-hydroxylation sites is 1. The maximum absolute atomic E-state index is 12.4. The summed E-state index contributed by atoms with van der Waals surface area (Å²) in [5.74, 6) is 0.493. The molecule has 2 rings (SSSR count). The largest absolute Gasteiger partial charge is 0.490 e. The van der Waals surface area contributed by atoms with Gasteiger partial charge in [-0.1, -0.05) is 42.5 Å². The van der Waals surface area contributed by atoms with Crippen LogP contribution in [0.5, 0.6) is 5.75 Å². The van der Waals surface area contributed by atoms with E-state index in [0.29, 0.717) is 11.3 Å². The average molecular weight is 283 g/mol. The summed E-state index contributed by atoms with van der Waals surface area (Å²) >= 11 is 0. The second-order valence-corrected chi connectivity index (χ2v) is 5.27. The molecular formula is C18H21NO2. The van der Waals surface area contributed by atoms with Gasteiger partial charge in [0.15, 0.2) is 0 Å². The molecule has 0 heterocycles. The van der Waals surface area contributed by atoms with Crippen molar-refractivity contribution in [3.05, 3.63) is 65.7 Å². The molecule has 3 heteroatoms. The van der Waals surface area contributed by atoms with Crippen LogP contribution in [0, 0.1) is 0 Å². The third kappa shape index (κ3) is 4.09. The fourth-order valence-corrected chi connectivity index (χ4v) is 2.11. The second-order valence-electron chi connectivity index (χ2n) is 5.27. The molecule has 0 aliphatic heterocycles. The maximum atomic E-state index is 12.4. The van der Waals surface area contributed by atoms with Gasteiger partial charge in [0.2, 0.25) is 0 Å². The van der Waals surface area contributed by atoms with Crippen molar-refractivity contribution in [3.63, 3.8) is 0 Å². The van der Waals surface area contributed by atoms with Gasteiger partial charge in [-0.2, -0.15) is 0 Å². The monoisotopic (exact) mass is 283 g/mol. The van der Waals surface area contributed by atoms with Crippen molar-refractivity contribution >= 4 is 5.91 Å². The van der Waals surface area contributed by atoms with E-state index in [1.54, 1.807) is 6.07 Å². The standard InChI is InChI=1S/C18H21NO2/c1-13(2)21-17-12-8-7-11-16(17)18(20)19-14(3)15-9-5-4-6-10-15/h4-14H,1-3H3,(H,19,20)/t14-/m0/s1. The van der Waals surface area contributed by atoms with E-state index in [1.165, 1.54) is 0 Å². The molecule has 0 saturated carbocycles. The Bertz CT molecular complexity index is 593. The van der Waals surface area contributed by atoms with Crippen molar-refractivity contribution in [2.24, 2.45) is 0 Å². The minimum absolute atomic E-state index is 0.0329. The number of nitrogens with one attached hydrogen (secondary N) is 1. The van der Waals surface area contributed by atoms with Crippen LogP contribution in [0.15, 0.2) is 54.6 Å². The van der Waals surface area contributed by atoms with Crippen molar-refractivity contribution in [1.29, 1.82) is 0 Å². The highest BCUT2D eigenvalue weighted by atomic mass is 16.5. The van der Waals surface area contributed by atoms with E-state index in [4.69, 9.17) is 4.74 Å². The molecule has 0 aromatic heterocycles. The van der Waals surface area contributed by atoms with Crippen molar-refractivity contribution in [2.75, 3.05) is 0 Å². The molecule has 0 spiro atoms. The number of hydrogen-bond acceptors (Lipinski definition) is 2. The van der Waals surface area contributed by atoms with Crippen LogP contribution in [0.4, 0.5) is 0 Å². The minimum Gasteiger partial charge on any atom is -0.490 e. The van der Waals surface area contributed by atoms with Gasteiger partial charge in [-0.05, 0) is 38.5 Å². The molecule has 0 unspecified atom stereocenters. The number of carbonyl (C=O) groups excluding carboxylic acids is 1. The summed E-state index contributed by atoms with van der Waals surface area (Å²) in [5.41, 5.74) is 1.64. The van der Waals surface area contributed by atoms with Crippen LogP contribution in [-0.4, -0.2) is 12.0 Å². The van der Waals surface area contributed by atoms with Gasteiger partial charge in [-0.25, -0.2) is 0 Å². The van der Waals surface area contributed by atoms with Crippen molar-refractivity contribution in [3.8, 4) is 5.75 Å². The topological polar surface area (TPSA) is 38.3 Å². The van der Waals surface area contributed by atoms with Gasteiger partial charge < -0.3 is 10.1 Å². The van der Waals surface area contributed by atoms with Gasteiger partial charge in [0, 0.05) is 0 Å². The smallest absolute Gasteiger partial charge is 0.255 e. The first kappa shape index (κ1) is 15.1. The molecule has 1 N–H and O–H groups in total. The number of carbonyl (C=O) groups is 1. The number of amides is 1. The molecular weight excluding hydrogens is 262 g/mol. The van der Waals surface area contributed by atoms with Crippen LogP contribution >= 0.6 is 0 Å². The molecule has 2 aromatic rings. The zero-order valence-electron chi connectivity index (χ0n) is 12.7. The lowest BCUT2D eigenvalue weighted by Crippen LogP contribution is -2.27. The van der Waals surface area contributed by atoms with Gasteiger partial charge >= 0.3 is 0 Å². The molecule has 0 fully saturated rings. The SMILES string of the molecule is CC(C)Oc1ccccc1C(=O)N[C@@H](C)c1ccccc1. The van der Waals surface area contributed by atoms with Gasteiger partial charge in [-0.3, -0.25) is 4.79 Å². The molecule has 1 atom stereocenters. The van der Waals surface area contributed by atoms with Gasteiger partial charge in [0.25, 0.3) is 5.91 Å². The van der Waals surface area contributed by atoms with E-state index in [-0.39, 0.29) is 18.1 Å². The van der Waals surface area contributed by atoms with E-state index in [2.05, 4.69) is 5.32 Å². The summed E-state index contributed by atoms with van der Waals surface area (Å²) < 4.78 is 5.69. The van der Waals surface area contributed by atoms with E-state index in [0.717, 1.165) is 5.56 Å². The molecule has 3 nitrogen and oxygen atoms in total. The van der Waals surface area contributed by atoms with Gasteiger partial charge in [0.05, 0.1) is 17.7 Å². The zero-order chi connectivity index (χ0) is 15.2. The number of hydrogen-bond donors (Lipinski definition) is 1. The van der Waals surface area contributed by atoms with Crippen LogP contribution in [-0.2, 0) is 0 Å². The highest BCUT2D eigenvalue weighted by Crippen LogP contribution is 2.21. The Morgan fingerprint density at radius 2 is 1.57 bits per heavy atom. The van der Waals surface area contributed by atoms with Gasteiger partial charge in [-0.15, -0.1) is 0 Å². The van der Waals surface area contributed by atoms with Crippen molar-refractivity contribution in [1.82, 2.24) is 5.32 Å². The van der Waals surface area contributed by atoms with Crippen LogP contribution in [0.25, 0.3) is 0 Å². The van der Waals surface area contributed by atoms with E-state index < -0.39 is 0 Å². The van der Waals surface area contributed by atoms with E-state index in [1.807, 2.05) is 69.3 Å². The van der Waals surface area contributed by atoms with Crippen molar-refractivity contribution in [2.45, 2.75) is 32.9 Å². The Balaban J connectivity index is 2.14. The second kappa shape index (κ2) is 6.93. The quantitative estimate of drug-likeness (QED) is 0.901. The lowest BCUT2D eigenvalue weighted by molar-refractivity contribution is 0.0934. The first-order valence-electron chi connectivity index (χ1n) is 7.19. The minimum atomic E-state index is -0.123. The molecule has 0 saturated heterocycles. The van der Waals surface area contributed by atoms with Crippen LogP contribution in [0.1, 0.15) is 42.7 Å². The molecule has 0 aliphatic rings. The number of rotatable bonds is 5. The normalized spacial score (nSPS) is 12.0. The van der Waals surface area contributed by atoms with Gasteiger partial charge in [0.1, 0.15) is 5.75 Å². The molecule has 2 aromatic carbocycles. The predicted octanol–water partition coefficient (Wildman–Crippen LogP) is 3.96. The average Bonchev–Trinajstić information content (AvgIpc) is 2.48. The molecule has 1 amide bonds. The summed E-state index contributed by atoms with van der Waals surface area (Å²) in [6.07, 6.45) is 0.0329. The molecule has 0 bridgehead atoms. The Morgan fingerprint density at radius 3 is 2.24 bits per heavy atom. The summed E-state index contributed by atoms with van der Waals surface area (Å²) in [7, 11) is 0. The summed E-state index contributed by atoms with van der Waals surface area (Å²) in [6, 6.07) is 17.2. The maximum Gasteiger partial charge on any atom is 0.255 e. The number of ether oxygens (including phenoxy) is 1. The molecule has 21 heavy (non-hydrogen) atoms. The molecule has 110 valence electrons. The fraction of sp³-hybridized carbons (Fsp3) is 0.278. The third-order valence-corrected chi connectivity index (χ3v) is 3.14. The highest BCUT2D eigenvalue weighted by Gasteiger charge is 2.15. The lowest BCUT2D eigenvalue weighted by atomic mass is 10.1. The zero-order valence-corrected chi connectivity index (χ0v) is 12.7.